The summed E-state index contributed by atoms with van der Waals surface area (Å²) in [6, 6.07) is 7.37. The molecule has 1 aliphatic rings. The molecule has 116 valence electrons. The van der Waals surface area contributed by atoms with Gasteiger partial charge in [0, 0.05) is 17.7 Å². The van der Waals surface area contributed by atoms with Crippen LogP contribution in [0.1, 0.15) is 18.9 Å². The van der Waals surface area contributed by atoms with Gasteiger partial charge < -0.3 is 10.2 Å². The Labute approximate surface area is 128 Å². The van der Waals surface area contributed by atoms with Crippen molar-refractivity contribution in [3.8, 4) is 5.75 Å². The van der Waals surface area contributed by atoms with Gasteiger partial charge in [0.25, 0.3) is 0 Å². The monoisotopic (exact) mass is 302 g/mol. The minimum Gasteiger partial charge on any atom is -0.493 e. The zero-order valence-electron chi connectivity index (χ0n) is 12.3. The molecule has 0 radical (unpaired) electrons. The van der Waals surface area contributed by atoms with Gasteiger partial charge >= 0.3 is 0 Å². The van der Waals surface area contributed by atoms with Crippen LogP contribution in [0, 0.1) is 5.92 Å². The van der Waals surface area contributed by atoms with Crippen LogP contribution < -0.4 is 21.0 Å². The van der Waals surface area contributed by atoms with Crippen LogP contribution in [-0.2, 0) is 9.59 Å². The Kier molecular flexibility index (Phi) is 5.13. The number of benzene rings is 1. The second-order valence-electron chi connectivity index (χ2n) is 4.66. The predicted octanol–water partition coefficient (Wildman–Crippen LogP) is 0.690. The zero-order chi connectivity index (χ0) is 15.9. The summed E-state index contributed by atoms with van der Waals surface area (Å²) < 4.78 is 5.45. The van der Waals surface area contributed by atoms with E-state index in [4.69, 9.17) is 4.74 Å². The number of hydrogen-bond donors (Lipinski definition) is 3. The topological polar surface area (TPSA) is 91.8 Å². The van der Waals surface area contributed by atoms with Crippen LogP contribution in [0.4, 0.5) is 0 Å². The molecule has 0 aliphatic carbocycles. The van der Waals surface area contributed by atoms with E-state index >= 15 is 0 Å². The number of hydrazone groups is 1. The second-order valence-corrected chi connectivity index (χ2v) is 4.66. The van der Waals surface area contributed by atoms with Gasteiger partial charge in [-0.15, -0.1) is 0 Å². The smallest absolute Gasteiger partial charge is 0.247 e. The molecule has 0 saturated carbocycles. The molecule has 1 heterocycles. The standard InChI is InChI=1S/C15H18N4O3/c1-3-22-13-7-5-4-6-11(13)9-16-18-14(20)8-12-10(2)17-19-15(12)21/h4-7,9,12,17H,2-3,8H2,1H3,(H,18,20)(H,19,21)/t12-/m1/s1. The van der Waals surface area contributed by atoms with E-state index in [1.807, 2.05) is 31.2 Å². The fourth-order valence-electron chi connectivity index (χ4n) is 1.97. The predicted molar refractivity (Wildman–Crippen MR) is 81.9 cm³/mol. The van der Waals surface area contributed by atoms with Crippen molar-refractivity contribution in [1.82, 2.24) is 16.3 Å². The maximum atomic E-state index is 11.8. The van der Waals surface area contributed by atoms with Crippen LogP contribution in [0.25, 0.3) is 0 Å². The molecule has 3 N–H and O–H groups in total. The van der Waals surface area contributed by atoms with Crippen molar-refractivity contribution < 1.29 is 14.3 Å². The van der Waals surface area contributed by atoms with Crippen LogP contribution in [-0.4, -0.2) is 24.6 Å². The lowest BCUT2D eigenvalue weighted by molar-refractivity contribution is -0.127. The Morgan fingerprint density at radius 2 is 2.23 bits per heavy atom. The van der Waals surface area contributed by atoms with Gasteiger partial charge in [-0.25, -0.2) is 5.43 Å². The summed E-state index contributed by atoms with van der Waals surface area (Å²) in [5.41, 5.74) is 8.63. The van der Waals surface area contributed by atoms with Gasteiger partial charge in [-0.3, -0.25) is 15.0 Å². The van der Waals surface area contributed by atoms with Gasteiger partial charge in [0.05, 0.1) is 18.7 Å². The van der Waals surface area contributed by atoms with Crippen molar-refractivity contribution in [2.24, 2.45) is 11.0 Å². The normalized spacial score (nSPS) is 17.2. The zero-order valence-corrected chi connectivity index (χ0v) is 12.3. The van der Waals surface area contributed by atoms with Crippen molar-refractivity contribution in [2.75, 3.05) is 6.61 Å². The van der Waals surface area contributed by atoms with E-state index < -0.39 is 5.92 Å². The lowest BCUT2D eigenvalue weighted by Gasteiger charge is -2.07. The quantitative estimate of drug-likeness (QED) is 0.532. The fraction of sp³-hybridized carbons (Fsp3) is 0.267. The molecule has 1 saturated heterocycles. The first-order valence-corrected chi connectivity index (χ1v) is 6.90. The number of nitrogens with zero attached hydrogens (tertiary/aromatic N) is 1. The van der Waals surface area contributed by atoms with E-state index in [0.717, 1.165) is 5.56 Å². The first-order valence-electron chi connectivity index (χ1n) is 6.90. The van der Waals surface area contributed by atoms with Gasteiger partial charge in [0.15, 0.2) is 0 Å². The third kappa shape index (κ3) is 3.85. The number of carbonyl (C=O) groups excluding carboxylic acids is 2. The van der Waals surface area contributed by atoms with E-state index in [9.17, 15) is 9.59 Å². The minimum absolute atomic E-state index is 0.0118. The van der Waals surface area contributed by atoms with Crippen molar-refractivity contribution in [1.29, 1.82) is 0 Å². The van der Waals surface area contributed by atoms with E-state index in [2.05, 4.69) is 28.0 Å². The molecule has 1 aromatic rings. The highest BCUT2D eigenvalue weighted by Crippen LogP contribution is 2.16. The van der Waals surface area contributed by atoms with Crippen molar-refractivity contribution in [3.05, 3.63) is 42.1 Å². The molecule has 1 aliphatic heterocycles. The molecule has 1 aromatic carbocycles. The summed E-state index contributed by atoms with van der Waals surface area (Å²) in [5.74, 6) is -0.525. The van der Waals surface area contributed by atoms with Crippen molar-refractivity contribution in [3.63, 3.8) is 0 Å². The summed E-state index contributed by atoms with van der Waals surface area (Å²) >= 11 is 0. The van der Waals surface area contributed by atoms with Crippen molar-refractivity contribution >= 4 is 18.0 Å². The summed E-state index contributed by atoms with van der Waals surface area (Å²) in [5, 5.41) is 3.89. The molecule has 0 spiro atoms. The highest BCUT2D eigenvalue weighted by atomic mass is 16.5. The van der Waals surface area contributed by atoms with Gasteiger partial charge in [-0.1, -0.05) is 18.7 Å². The Balaban J connectivity index is 1.91. The number of rotatable bonds is 6. The van der Waals surface area contributed by atoms with Crippen LogP contribution in [0.5, 0.6) is 5.75 Å². The molecule has 2 amide bonds. The maximum absolute atomic E-state index is 11.8. The molecule has 1 atom stereocenters. The average molecular weight is 302 g/mol. The summed E-state index contributed by atoms with van der Waals surface area (Å²) in [4.78, 5) is 23.2. The first kappa shape index (κ1) is 15.6. The average Bonchev–Trinajstić information content (AvgIpc) is 2.81. The molecule has 7 heteroatoms. The number of carbonyl (C=O) groups is 2. The molecule has 0 bridgehead atoms. The molecular formula is C15H18N4O3. The highest BCUT2D eigenvalue weighted by Gasteiger charge is 2.29. The van der Waals surface area contributed by atoms with E-state index in [-0.39, 0.29) is 18.2 Å². The number of hydrogen-bond acceptors (Lipinski definition) is 5. The summed E-state index contributed by atoms with van der Waals surface area (Å²) in [6.07, 6.45) is 1.49. The van der Waals surface area contributed by atoms with E-state index in [1.54, 1.807) is 0 Å². The SMILES string of the molecule is C=C1NNC(=O)[C@@H]1CC(=O)NN=Cc1ccccc1OCC. The van der Waals surface area contributed by atoms with Crippen LogP contribution in [0.15, 0.2) is 41.6 Å². The maximum Gasteiger partial charge on any atom is 0.247 e. The number of ether oxygens (including phenoxy) is 1. The Morgan fingerprint density at radius 1 is 1.45 bits per heavy atom. The van der Waals surface area contributed by atoms with Crippen LogP contribution >= 0.6 is 0 Å². The van der Waals surface area contributed by atoms with Gasteiger partial charge in [-0.05, 0) is 19.1 Å². The Bertz CT molecular complexity index is 597. The molecule has 2 rings (SSSR count). The van der Waals surface area contributed by atoms with Gasteiger partial charge in [0.2, 0.25) is 11.8 Å². The molecule has 7 nitrogen and oxygen atoms in total. The van der Waals surface area contributed by atoms with Crippen LogP contribution in [0.3, 0.4) is 0 Å². The summed E-state index contributed by atoms with van der Waals surface area (Å²) in [7, 11) is 0. The van der Waals surface area contributed by atoms with Crippen LogP contribution in [0.2, 0.25) is 0 Å². The van der Waals surface area contributed by atoms with Gasteiger partial charge in [0.1, 0.15) is 5.75 Å². The molecule has 0 unspecified atom stereocenters. The number of hydrazine groups is 1. The summed E-state index contributed by atoms with van der Waals surface area (Å²) in [6.45, 7) is 6.11. The number of nitrogens with one attached hydrogen (secondary N) is 3. The third-order valence-electron chi connectivity index (χ3n) is 3.08. The number of amides is 2. The van der Waals surface area contributed by atoms with E-state index in [0.29, 0.717) is 18.1 Å². The molecule has 22 heavy (non-hydrogen) atoms. The largest absolute Gasteiger partial charge is 0.493 e. The lowest BCUT2D eigenvalue weighted by Crippen LogP contribution is -2.27. The fourth-order valence-corrected chi connectivity index (χ4v) is 1.97. The van der Waals surface area contributed by atoms with Gasteiger partial charge in [-0.2, -0.15) is 5.10 Å². The van der Waals surface area contributed by atoms with E-state index in [1.165, 1.54) is 6.21 Å². The van der Waals surface area contributed by atoms with Crippen molar-refractivity contribution in [2.45, 2.75) is 13.3 Å². The molecular weight excluding hydrogens is 284 g/mol. The molecule has 1 fully saturated rings. The Morgan fingerprint density at radius 3 is 2.91 bits per heavy atom. The lowest BCUT2D eigenvalue weighted by atomic mass is 10.0. The third-order valence-corrected chi connectivity index (χ3v) is 3.08. The minimum atomic E-state index is -0.578. The Hall–Kier alpha value is -2.83. The highest BCUT2D eigenvalue weighted by molar-refractivity contribution is 5.90. The second kappa shape index (κ2) is 7.26. The first-order chi connectivity index (χ1) is 10.6. The molecule has 0 aromatic heterocycles. The number of para-hydroxylation sites is 1.